The van der Waals surface area contributed by atoms with Crippen molar-refractivity contribution in [3.8, 4) is 0 Å². The Hall–Kier alpha value is -1.96. The predicted molar refractivity (Wildman–Crippen MR) is 91.4 cm³/mol. The molecule has 0 radical (unpaired) electrons. The first-order chi connectivity index (χ1) is 11.6. The summed E-state index contributed by atoms with van der Waals surface area (Å²) in [7, 11) is 0. The number of ether oxygens (including phenoxy) is 1. The van der Waals surface area contributed by atoms with E-state index in [1.54, 1.807) is 6.92 Å². The topological polar surface area (TPSA) is 102 Å². The maximum atomic E-state index is 11.4. The number of anilines is 2. The fraction of sp³-hybridized carbons (Fsp3) is 0.750. The summed E-state index contributed by atoms with van der Waals surface area (Å²) < 4.78 is 5.58. The van der Waals surface area contributed by atoms with E-state index in [0.717, 1.165) is 45.1 Å². The molecular formula is C16H25N5O3. The Labute approximate surface area is 141 Å². The van der Waals surface area contributed by atoms with Crippen molar-refractivity contribution in [1.82, 2.24) is 9.97 Å². The molecule has 0 spiro atoms. The van der Waals surface area contributed by atoms with Gasteiger partial charge in [0.15, 0.2) is 0 Å². The fourth-order valence-corrected chi connectivity index (χ4v) is 3.42. The lowest BCUT2D eigenvalue weighted by Gasteiger charge is -2.23. The smallest absolute Gasteiger partial charge is 0.332 e. The number of hydrogen-bond acceptors (Lipinski definition) is 7. The summed E-state index contributed by atoms with van der Waals surface area (Å²) in [4.78, 5) is 19.6. The van der Waals surface area contributed by atoms with E-state index in [-0.39, 0.29) is 17.8 Å². The SMILES string of the molecule is Cc1nc(NC[C@@H]2CCCO2)nc(NC2CCCCC2)c1[N+](=O)[O-]. The van der Waals surface area contributed by atoms with Gasteiger partial charge in [-0.3, -0.25) is 10.1 Å². The van der Waals surface area contributed by atoms with Gasteiger partial charge in [-0.05, 0) is 32.6 Å². The highest BCUT2D eigenvalue weighted by Gasteiger charge is 2.25. The van der Waals surface area contributed by atoms with Crippen molar-refractivity contribution in [1.29, 1.82) is 0 Å². The van der Waals surface area contributed by atoms with Crippen LogP contribution in [0.15, 0.2) is 0 Å². The Morgan fingerprint density at radius 3 is 2.67 bits per heavy atom. The molecule has 1 saturated heterocycles. The highest BCUT2D eigenvalue weighted by Crippen LogP contribution is 2.30. The van der Waals surface area contributed by atoms with Gasteiger partial charge in [-0.2, -0.15) is 4.98 Å². The van der Waals surface area contributed by atoms with Gasteiger partial charge in [-0.15, -0.1) is 0 Å². The summed E-state index contributed by atoms with van der Waals surface area (Å²) in [5.74, 6) is 0.751. The molecule has 0 unspecified atom stereocenters. The first kappa shape index (κ1) is 16.9. The second kappa shape index (κ2) is 7.74. The molecule has 0 amide bonds. The third kappa shape index (κ3) is 4.11. The van der Waals surface area contributed by atoms with E-state index in [1.807, 2.05) is 0 Å². The minimum atomic E-state index is -0.398. The zero-order chi connectivity index (χ0) is 16.9. The number of nitrogens with one attached hydrogen (secondary N) is 2. The van der Waals surface area contributed by atoms with E-state index >= 15 is 0 Å². The van der Waals surface area contributed by atoms with E-state index in [0.29, 0.717) is 24.0 Å². The van der Waals surface area contributed by atoms with Crippen LogP contribution in [0, 0.1) is 17.0 Å². The van der Waals surface area contributed by atoms with Crippen molar-refractivity contribution in [3.05, 3.63) is 15.8 Å². The quantitative estimate of drug-likeness (QED) is 0.608. The van der Waals surface area contributed by atoms with Gasteiger partial charge in [0.2, 0.25) is 11.8 Å². The van der Waals surface area contributed by atoms with Gasteiger partial charge in [0.05, 0.1) is 11.0 Å². The molecule has 1 atom stereocenters. The van der Waals surface area contributed by atoms with Crippen molar-refractivity contribution in [2.45, 2.75) is 64.0 Å². The molecule has 1 saturated carbocycles. The third-order valence-corrected chi connectivity index (χ3v) is 4.70. The molecular weight excluding hydrogens is 310 g/mol. The number of rotatable bonds is 6. The molecule has 132 valence electrons. The Balaban J connectivity index is 1.75. The van der Waals surface area contributed by atoms with Gasteiger partial charge in [-0.1, -0.05) is 19.3 Å². The van der Waals surface area contributed by atoms with Crippen LogP contribution in [0.4, 0.5) is 17.5 Å². The van der Waals surface area contributed by atoms with Crippen LogP contribution in [0.1, 0.15) is 50.6 Å². The van der Waals surface area contributed by atoms with Gasteiger partial charge < -0.3 is 15.4 Å². The molecule has 2 N–H and O–H groups in total. The number of nitrogens with zero attached hydrogens (tertiary/aromatic N) is 3. The summed E-state index contributed by atoms with van der Waals surface area (Å²) in [6, 6.07) is 0.248. The molecule has 8 nitrogen and oxygen atoms in total. The molecule has 2 heterocycles. The highest BCUT2D eigenvalue weighted by atomic mass is 16.6. The van der Waals surface area contributed by atoms with Crippen molar-refractivity contribution in [3.63, 3.8) is 0 Å². The number of aromatic nitrogens is 2. The molecule has 2 fully saturated rings. The van der Waals surface area contributed by atoms with Gasteiger partial charge in [0.25, 0.3) is 0 Å². The van der Waals surface area contributed by atoms with Crippen molar-refractivity contribution in [2.75, 3.05) is 23.8 Å². The lowest BCUT2D eigenvalue weighted by molar-refractivity contribution is -0.385. The lowest BCUT2D eigenvalue weighted by Crippen LogP contribution is -2.25. The molecule has 1 aliphatic carbocycles. The average Bonchev–Trinajstić information content (AvgIpc) is 3.06. The summed E-state index contributed by atoms with van der Waals surface area (Å²) in [6.45, 7) is 3.07. The van der Waals surface area contributed by atoms with Gasteiger partial charge in [0, 0.05) is 19.2 Å². The van der Waals surface area contributed by atoms with Crippen molar-refractivity contribution >= 4 is 17.5 Å². The second-order valence-electron chi connectivity index (χ2n) is 6.58. The van der Waals surface area contributed by atoms with Crippen LogP contribution in [0.2, 0.25) is 0 Å². The van der Waals surface area contributed by atoms with E-state index in [2.05, 4.69) is 20.6 Å². The van der Waals surface area contributed by atoms with Gasteiger partial charge in [-0.25, -0.2) is 4.98 Å². The largest absolute Gasteiger partial charge is 0.376 e. The number of nitro groups is 1. The minimum absolute atomic E-state index is 0.0248. The van der Waals surface area contributed by atoms with Crippen molar-refractivity contribution < 1.29 is 9.66 Å². The maximum absolute atomic E-state index is 11.4. The lowest BCUT2D eigenvalue weighted by atomic mass is 9.95. The number of aryl methyl sites for hydroxylation is 1. The van der Waals surface area contributed by atoms with Crippen LogP contribution in [-0.4, -0.2) is 40.2 Å². The molecule has 1 aromatic heterocycles. The normalized spacial score (nSPS) is 21.6. The molecule has 24 heavy (non-hydrogen) atoms. The van der Waals surface area contributed by atoms with E-state index in [4.69, 9.17) is 4.74 Å². The van der Waals surface area contributed by atoms with Crippen LogP contribution < -0.4 is 10.6 Å². The third-order valence-electron chi connectivity index (χ3n) is 4.70. The monoisotopic (exact) mass is 335 g/mol. The second-order valence-corrected chi connectivity index (χ2v) is 6.58. The Morgan fingerprint density at radius 1 is 1.21 bits per heavy atom. The predicted octanol–water partition coefficient (Wildman–Crippen LogP) is 3.03. The van der Waals surface area contributed by atoms with Crippen LogP contribution in [0.3, 0.4) is 0 Å². The van der Waals surface area contributed by atoms with Gasteiger partial charge >= 0.3 is 5.69 Å². The van der Waals surface area contributed by atoms with Crippen LogP contribution >= 0.6 is 0 Å². The minimum Gasteiger partial charge on any atom is -0.376 e. The Bertz CT molecular complexity index is 583. The summed E-state index contributed by atoms with van der Waals surface area (Å²) >= 11 is 0. The van der Waals surface area contributed by atoms with Crippen LogP contribution in [-0.2, 0) is 4.74 Å². The summed E-state index contributed by atoms with van der Waals surface area (Å²) in [5, 5.41) is 17.8. The molecule has 1 aliphatic heterocycles. The first-order valence-electron chi connectivity index (χ1n) is 8.78. The zero-order valence-corrected chi connectivity index (χ0v) is 14.1. The molecule has 0 aromatic carbocycles. The molecule has 1 aromatic rings. The standard InChI is InChI=1S/C16H25N5O3/c1-11-14(21(22)23)15(19-12-6-3-2-4-7-12)20-16(18-11)17-10-13-8-5-9-24-13/h12-13H,2-10H2,1H3,(H2,17,18,19,20)/t13-/m0/s1. The van der Waals surface area contributed by atoms with E-state index in [9.17, 15) is 10.1 Å². The maximum Gasteiger partial charge on any atom is 0.332 e. The average molecular weight is 335 g/mol. The van der Waals surface area contributed by atoms with Crippen molar-refractivity contribution in [2.24, 2.45) is 0 Å². The first-order valence-corrected chi connectivity index (χ1v) is 8.78. The summed E-state index contributed by atoms with van der Waals surface area (Å²) in [6.07, 6.45) is 7.85. The Morgan fingerprint density at radius 2 is 2.00 bits per heavy atom. The molecule has 0 bridgehead atoms. The fourth-order valence-electron chi connectivity index (χ4n) is 3.42. The van der Waals surface area contributed by atoms with E-state index < -0.39 is 4.92 Å². The summed E-state index contributed by atoms with van der Waals surface area (Å²) in [5.41, 5.74) is 0.353. The Kier molecular flexibility index (Phi) is 5.44. The van der Waals surface area contributed by atoms with Crippen LogP contribution in [0.25, 0.3) is 0 Å². The zero-order valence-electron chi connectivity index (χ0n) is 14.1. The van der Waals surface area contributed by atoms with E-state index in [1.165, 1.54) is 6.42 Å². The molecule has 3 rings (SSSR count). The number of hydrogen-bond donors (Lipinski definition) is 2. The van der Waals surface area contributed by atoms with Crippen LogP contribution in [0.5, 0.6) is 0 Å². The highest BCUT2D eigenvalue weighted by molar-refractivity contribution is 5.61. The van der Waals surface area contributed by atoms with Gasteiger partial charge in [0.1, 0.15) is 5.69 Å². The molecule has 2 aliphatic rings. The molecule has 8 heteroatoms.